The molecular formula is C22H34ClFIN5O. The van der Waals surface area contributed by atoms with Gasteiger partial charge in [-0.1, -0.05) is 17.7 Å². The third-order valence-corrected chi connectivity index (χ3v) is 6.93. The zero-order chi connectivity index (χ0) is 20.9. The molecule has 9 heteroatoms. The summed E-state index contributed by atoms with van der Waals surface area (Å²) in [4.78, 5) is 11.7. The van der Waals surface area contributed by atoms with Gasteiger partial charge in [0, 0.05) is 56.4 Å². The third kappa shape index (κ3) is 6.01. The van der Waals surface area contributed by atoms with Gasteiger partial charge in [0.15, 0.2) is 5.96 Å². The predicted molar refractivity (Wildman–Crippen MR) is 134 cm³/mol. The van der Waals surface area contributed by atoms with Crippen LogP contribution in [-0.2, 0) is 4.74 Å². The minimum Gasteiger partial charge on any atom is -0.379 e. The minimum atomic E-state index is -0.232. The Hall–Kier alpha value is -0.680. The summed E-state index contributed by atoms with van der Waals surface area (Å²) in [7, 11) is 1.82. The maximum Gasteiger partial charge on any atom is 0.193 e. The lowest BCUT2D eigenvalue weighted by Crippen LogP contribution is -2.47. The zero-order valence-corrected chi connectivity index (χ0v) is 21.3. The molecule has 0 amide bonds. The number of nitrogens with one attached hydrogen (secondary N) is 1. The van der Waals surface area contributed by atoms with Crippen LogP contribution < -0.4 is 5.32 Å². The molecule has 0 spiro atoms. The number of aliphatic imine (C=N–C) groups is 1. The molecule has 4 rings (SSSR count). The van der Waals surface area contributed by atoms with Crippen LogP contribution in [0.3, 0.4) is 0 Å². The highest BCUT2D eigenvalue weighted by molar-refractivity contribution is 14.0. The molecule has 0 saturated carbocycles. The lowest BCUT2D eigenvalue weighted by molar-refractivity contribution is 0.0194. The zero-order valence-electron chi connectivity index (χ0n) is 18.2. The molecule has 1 aromatic carbocycles. The highest BCUT2D eigenvalue weighted by atomic mass is 127. The number of hydrogen-bond donors (Lipinski definition) is 1. The van der Waals surface area contributed by atoms with Crippen molar-refractivity contribution >= 4 is 41.5 Å². The Labute approximate surface area is 207 Å². The summed E-state index contributed by atoms with van der Waals surface area (Å²) in [6.45, 7) is 8.14. The van der Waals surface area contributed by atoms with E-state index in [1.807, 2.05) is 7.05 Å². The van der Waals surface area contributed by atoms with Crippen LogP contribution in [0.5, 0.6) is 0 Å². The van der Waals surface area contributed by atoms with Crippen molar-refractivity contribution in [3.63, 3.8) is 0 Å². The van der Waals surface area contributed by atoms with Gasteiger partial charge in [-0.05, 0) is 44.5 Å². The Morgan fingerprint density at radius 3 is 2.65 bits per heavy atom. The Balaban J connectivity index is 0.00000272. The van der Waals surface area contributed by atoms with Crippen molar-refractivity contribution in [3.8, 4) is 0 Å². The van der Waals surface area contributed by atoms with Crippen molar-refractivity contribution in [1.82, 2.24) is 20.0 Å². The minimum absolute atomic E-state index is 0. The van der Waals surface area contributed by atoms with Crippen LogP contribution >= 0.6 is 35.6 Å². The fourth-order valence-electron chi connectivity index (χ4n) is 4.99. The molecular weight excluding hydrogens is 532 g/mol. The van der Waals surface area contributed by atoms with Crippen LogP contribution in [0.25, 0.3) is 0 Å². The van der Waals surface area contributed by atoms with Crippen molar-refractivity contribution in [2.24, 2.45) is 4.99 Å². The molecule has 3 heterocycles. The summed E-state index contributed by atoms with van der Waals surface area (Å²) in [6.07, 6.45) is 3.42. The number of rotatable bonds is 5. The van der Waals surface area contributed by atoms with E-state index in [9.17, 15) is 4.39 Å². The van der Waals surface area contributed by atoms with Gasteiger partial charge in [-0.3, -0.25) is 14.8 Å². The Bertz CT molecular complexity index is 722. The van der Waals surface area contributed by atoms with Gasteiger partial charge in [0.1, 0.15) is 5.82 Å². The molecule has 3 saturated heterocycles. The molecule has 31 heavy (non-hydrogen) atoms. The Kier molecular flexibility index (Phi) is 9.64. The van der Waals surface area contributed by atoms with E-state index < -0.39 is 0 Å². The second-order valence-electron chi connectivity index (χ2n) is 8.36. The number of benzene rings is 1. The molecule has 2 unspecified atom stereocenters. The van der Waals surface area contributed by atoms with Gasteiger partial charge in [0.2, 0.25) is 0 Å². The van der Waals surface area contributed by atoms with E-state index in [0.717, 1.165) is 77.7 Å². The summed E-state index contributed by atoms with van der Waals surface area (Å²) in [5, 5.41) is 4.03. The second kappa shape index (κ2) is 12.0. The number of morpholine rings is 1. The number of likely N-dealkylation sites (tertiary alicyclic amines) is 2. The third-order valence-electron chi connectivity index (χ3n) is 6.60. The fraction of sp³-hybridized carbons (Fsp3) is 0.682. The van der Waals surface area contributed by atoms with Gasteiger partial charge in [-0.25, -0.2) is 4.39 Å². The molecule has 6 nitrogen and oxygen atoms in total. The monoisotopic (exact) mass is 565 g/mol. The van der Waals surface area contributed by atoms with E-state index in [2.05, 4.69) is 25.0 Å². The SMILES string of the molecule is CN=C(NCC(c1c(F)cccc1Cl)N1CCCC1)N1CCC(N2CCOCC2)C1.I. The van der Waals surface area contributed by atoms with Gasteiger partial charge >= 0.3 is 0 Å². The van der Waals surface area contributed by atoms with Crippen LogP contribution in [0, 0.1) is 5.82 Å². The van der Waals surface area contributed by atoms with Gasteiger partial charge < -0.3 is 15.0 Å². The summed E-state index contributed by atoms with van der Waals surface area (Å²) in [6, 6.07) is 5.40. The predicted octanol–water partition coefficient (Wildman–Crippen LogP) is 3.22. The second-order valence-corrected chi connectivity index (χ2v) is 8.77. The molecule has 3 aliphatic heterocycles. The number of halogens is 3. The number of ether oxygens (including phenoxy) is 1. The summed E-state index contributed by atoms with van der Waals surface area (Å²) in [5.41, 5.74) is 0.594. The molecule has 0 aliphatic carbocycles. The summed E-state index contributed by atoms with van der Waals surface area (Å²) in [5.74, 6) is 0.659. The average molecular weight is 566 g/mol. The van der Waals surface area contributed by atoms with Crippen molar-refractivity contribution < 1.29 is 9.13 Å². The van der Waals surface area contributed by atoms with Crippen molar-refractivity contribution in [2.45, 2.75) is 31.3 Å². The first-order valence-corrected chi connectivity index (χ1v) is 11.5. The highest BCUT2D eigenvalue weighted by Gasteiger charge is 2.32. The van der Waals surface area contributed by atoms with E-state index in [1.165, 1.54) is 6.07 Å². The first-order chi connectivity index (χ1) is 14.7. The highest BCUT2D eigenvalue weighted by Crippen LogP contribution is 2.32. The number of nitrogens with zero attached hydrogens (tertiary/aromatic N) is 4. The molecule has 1 aromatic rings. The largest absolute Gasteiger partial charge is 0.379 e. The van der Waals surface area contributed by atoms with Gasteiger partial charge in [-0.2, -0.15) is 0 Å². The van der Waals surface area contributed by atoms with E-state index in [4.69, 9.17) is 16.3 Å². The van der Waals surface area contributed by atoms with E-state index in [0.29, 0.717) is 23.2 Å². The number of guanidine groups is 1. The molecule has 0 aromatic heterocycles. The lowest BCUT2D eigenvalue weighted by Gasteiger charge is -2.33. The maximum absolute atomic E-state index is 14.7. The Morgan fingerprint density at radius 1 is 1.23 bits per heavy atom. The van der Waals surface area contributed by atoms with Crippen LogP contribution in [0.1, 0.15) is 30.9 Å². The van der Waals surface area contributed by atoms with Gasteiger partial charge in [-0.15, -0.1) is 24.0 Å². The van der Waals surface area contributed by atoms with Crippen LogP contribution in [0.4, 0.5) is 4.39 Å². The van der Waals surface area contributed by atoms with Gasteiger partial charge in [0.05, 0.1) is 19.3 Å². The van der Waals surface area contributed by atoms with E-state index in [-0.39, 0.29) is 35.8 Å². The normalized spacial score (nSPS) is 24.3. The maximum atomic E-state index is 14.7. The molecule has 1 N–H and O–H groups in total. The summed E-state index contributed by atoms with van der Waals surface area (Å²) >= 11 is 6.43. The number of hydrogen-bond acceptors (Lipinski definition) is 4. The van der Waals surface area contributed by atoms with Crippen LogP contribution in [0.2, 0.25) is 5.02 Å². The topological polar surface area (TPSA) is 43.3 Å². The molecule has 3 fully saturated rings. The first kappa shape index (κ1) is 25.0. The average Bonchev–Trinajstić information content (AvgIpc) is 3.46. The molecule has 174 valence electrons. The van der Waals surface area contributed by atoms with Gasteiger partial charge in [0.25, 0.3) is 0 Å². The standard InChI is InChI=1S/C22H33ClFN5O.HI/c1-25-22(29-10-7-17(16-29)27-11-13-30-14-12-27)26-15-20(28-8-2-3-9-28)21-18(23)5-4-6-19(21)24;/h4-6,17,20H,2-3,7-16H2,1H3,(H,25,26);1H. The molecule has 0 bridgehead atoms. The molecule has 3 aliphatic rings. The lowest BCUT2D eigenvalue weighted by atomic mass is 10.0. The Morgan fingerprint density at radius 2 is 1.97 bits per heavy atom. The van der Waals surface area contributed by atoms with E-state index in [1.54, 1.807) is 12.1 Å². The van der Waals surface area contributed by atoms with Crippen molar-refractivity contribution in [2.75, 3.05) is 66.1 Å². The summed E-state index contributed by atoms with van der Waals surface area (Å²) < 4.78 is 20.2. The van der Waals surface area contributed by atoms with Crippen molar-refractivity contribution in [3.05, 3.63) is 34.6 Å². The first-order valence-electron chi connectivity index (χ1n) is 11.1. The van der Waals surface area contributed by atoms with Crippen molar-refractivity contribution in [1.29, 1.82) is 0 Å². The van der Waals surface area contributed by atoms with E-state index >= 15 is 0 Å². The van der Waals surface area contributed by atoms with Crippen LogP contribution in [-0.4, -0.2) is 92.8 Å². The van der Waals surface area contributed by atoms with Crippen LogP contribution in [0.15, 0.2) is 23.2 Å². The fourth-order valence-corrected chi connectivity index (χ4v) is 5.28. The quantitative estimate of drug-likeness (QED) is 0.338. The molecule has 2 atom stereocenters. The smallest absolute Gasteiger partial charge is 0.193 e. The molecule has 0 radical (unpaired) electrons.